The molecule has 0 atom stereocenters. The fraction of sp³-hybridized carbons (Fsp3) is 0.700. The first kappa shape index (κ1) is 12.3. The topological polar surface area (TPSA) is 69.6 Å². The van der Waals surface area contributed by atoms with Gasteiger partial charge in [-0.25, -0.2) is 4.79 Å². The summed E-state index contributed by atoms with van der Waals surface area (Å²) in [6.07, 6.45) is 1.57. The molecule has 1 amide bonds. The van der Waals surface area contributed by atoms with E-state index in [0.717, 1.165) is 29.6 Å². The predicted octanol–water partition coefficient (Wildman–Crippen LogP) is 1.24. The van der Waals surface area contributed by atoms with Gasteiger partial charge in [0.15, 0.2) is 0 Å². The fourth-order valence-corrected chi connectivity index (χ4v) is 2.76. The Kier molecular flexibility index (Phi) is 3.90. The van der Waals surface area contributed by atoms with E-state index in [1.165, 1.54) is 36.1 Å². The molecule has 17 heavy (non-hydrogen) atoms. The Hall–Kier alpha value is -1.21. The van der Waals surface area contributed by atoms with Gasteiger partial charge >= 0.3 is 6.09 Å². The van der Waals surface area contributed by atoms with Crippen molar-refractivity contribution >= 4 is 17.4 Å². The number of carboxylic acid groups (broad SMARTS) is 1. The number of carbonyl (C=O) groups is 1. The molecule has 0 unspecified atom stereocenters. The van der Waals surface area contributed by atoms with Crippen LogP contribution in [0.15, 0.2) is 0 Å². The number of amides is 1. The second-order valence-corrected chi connectivity index (χ2v) is 5.36. The Balaban J connectivity index is 1.88. The highest BCUT2D eigenvalue weighted by Gasteiger charge is 2.15. The Morgan fingerprint density at radius 2 is 2.06 bits per heavy atom. The first-order valence-corrected chi connectivity index (χ1v) is 6.44. The van der Waals surface area contributed by atoms with E-state index in [1.54, 1.807) is 0 Å². The predicted molar refractivity (Wildman–Crippen MR) is 63.9 cm³/mol. The zero-order valence-electron chi connectivity index (χ0n) is 9.80. The minimum atomic E-state index is -0.943. The number of aromatic nitrogens is 2. The second-order valence-electron chi connectivity index (χ2n) is 4.21. The summed E-state index contributed by atoms with van der Waals surface area (Å²) < 4.78 is 0. The van der Waals surface area contributed by atoms with Crippen LogP contribution in [0.5, 0.6) is 0 Å². The van der Waals surface area contributed by atoms with Gasteiger partial charge in [0.1, 0.15) is 10.0 Å². The van der Waals surface area contributed by atoms with Gasteiger partial charge in [0.2, 0.25) is 0 Å². The van der Waals surface area contributed by atoms with E-state index in [2.05, 4.69) is 15.1 Å². The molecular weight excluding hydrogens is 240 g/mol. The third-order valence-corrected chi connectivity index (χ3v) is 3.66. The van der Waals surface area contributed by atoms with E-state index in [-0.39, 0.29) is 0 Å². The van der Waals surface area contributed by atoms with Gasteiger partial charge in [-0.3, -0.25) is 4.90 Å². The summed E-state index contributed by atoms with van der Waals surface area (Å²) in [5.41, 5.74) is 0. The lowest BCUT2D eigenvalue weighted by Gasteiger charge is -2.11. The first-order chi connectivity index (χ1) is 8.15. The van der Waals surface area contributed by atoms with Crippen LogP contribution in [-0.2, 0) is 13.1 Å². The molecule has 1 aromatic rings. The van der Waals surface area contributed by atoms with Crippen molar-refractivity contribution in [3.63, 3.8) is 0 Å². The number of hydrogen-bond acceptors (Lipinski definition) is 5. The molecule has 1 fully saturated rings. The number of rotatable bonds is 4. The fourth-order valence-electron chi connectivity index (χ4n) is 1.82. The molecule has 0 spiro atoms. The lowest BCUT2D eigenvalue weighted by Crippen LogP contribution is -2.23. The zero-order valence-corrected chi connectivity index (χ0v) is 10.6. The van der Waals surface area contributed by atoms with Crippen molar-refractivity contribution in [2.75, 3.05) is 20.1 Å². The molecule has 1 aromatic heterocycles. The van der Waals surface area contributed by atoms with Crippen LogP contribution in [0.4, 0.5) is 4.79 Å². The van der Waals surface area contributed by atoms with Crippen molar-refractivity contribution in [1.29, 1.82) is 0 Å². The van der Waals surface area contributed by atoms with Gasteiger partial charge in [-0.15, -0.1) is 10.2 Å². The van der Waals surface area contributed by atoms with Crippen LogP contribution in [0.3, 0.4) is 0 Å². The molecule has 7 heteroatoms. The first-order valence-electron chi connectivity index (χ1n) is 5.63. The van der Waals surface area contributed by atoms with Gasteiger partial charge in [0.25, 0.3) is 0 Å². The Bertz CT molecular complexity index is 389. The molecule has 2 rings (SSSR count). The van der Waals surface area contributed by atoms with Crippen molar-refractivity contribution < 1.29 is 9.90 Å². The van der Waals surface area contributed by atoms with Crippen LogP contribution in [0.2, 0.25) is 0 Å². The SMILES string of the molecule is CN(Cc1nnc(CN2CCCC2)s1)C(=O)O. The van der Waals surface area contributed by atoms with Crippen LogP contribution in [-0.4, -0.2) is 51.3 Å². The van der Waals surface area contributed by atoms with Gasteiger partial charge in [0.05, 0.1) is 13.1 Å². The van der Waals surface area contributed by atoms with E-state index in [0.29, 0.717) is 6.54 Å². The van der Waals surface area contributed by atoms with Crippen LogP contribution < -0.4 is 0 Å². The Labute approximate surface area is 104 Å². The van der Waals surface area contributed by atoms with Crippen LogP contribution in [0, 0.1) is 0 Å². The van der Waals surface area contributed by atoms with Gasteiger partial charge < -0.3 is 10.0 Å². The molecule has 0 bridgehead atoms. The highest BCUT2D eigenvalue weighted by Crippen LogP contribution is 2.16. The average Bonchev–Trinajstić information content (AvgIpc) is 2.91. The monoisotopic (exact) mass is 256 g/mol. The maximum Gasteiger partial charge on any atom is 0.407 e. The maximum absolute atomic E-state index is 10.7. The summed E-state index contributed by atoms with van der Waals surface area (Å²) in [6.45, 7) is 3.41. The van der Waals surface area contributed by atoms with E-state index < -0.39 is 6.09 Å². The lowest BCUT2D eigenvalue weighted by atomic mass is 10.4. The van der Waals surface area contributed by atoms with Crippen molar-refractivity contribution in [3.05, 3.63) is 10.0 Å². The van der Waals surface area contributed by atoms with E-state index in [4.69, 9.17) is 5.11 Å². The van der Waals surface area contributed by atoms with Gasteiger partial charge in [-0.1, -0.05) is 11.3 Å². The van der Waals surface area contributed by atoms with E-state index >= 15 is 0 Å². The summed E-state index contributed by atoms with van der Waals surface area (Å²) >= 11 is 1.50. The van der Waals surface area contributed by atoms with Crippen molar-refractivity contribution in [2.24, 2.45) is 0 Å². The minimum Gasteiger partial charge on any atom is -0.465 e. The Morgan fingerprint density at radius 1 is 1.41 bits per heavy atom. The van der Waals surface area contributed by atoms with Crippen molar-refractivity contribution in [2.45, 2.75) is 25.9 Å². The molecule has 0 aromatic carbocycles. The number of hydrogen-bond donors (Lipinski definition) is 1. The van der Waals surface area contributed by atoms with Crippen LogP contribution >= 0.6 is 11.3 Å². The third kappa shape index (κ3) is 3.37. The lowest BCUT2D eigenvalue weighted by molar-refractivity contribution is 0.153. The molecule has 1 aliphatic rings. The highest BCUT2D eigenvalue weighted by molar-refractivity contribution is 7.11. The van der Waals surface area contributed by atoms with Gasteiger partial charge in [0, 0.05) is 7.05 Å². The summed E-state index contributed by atoms with van der Waals surface area (Å²) in [5, 5.41) is 18.6. The molecule has 6 nitrogen and oxygen atoms in total. The van der Waals surface area contributed by atoms with Crippen molar-refractivity contribution in [1.82, 2.24) is 20.0 Å². The molecule has 2 heterocycles. The third-order valence-electron chi connectivity index (χ3n) is 2.77. The van der Waals surface area contributed by atoms with Crippen LogP contribution in [0.1, 0.15) is 22.9 Å². The number of likely N-dealkylation sites (tertiary alicyclic amines) is 1. The molecule has 0 aliphatic carbocycles. The standard InChI is InChI=1S/C10H16N4O2S/c1-13(10(15)16)6-8-11-12-9(17-8)7-14-4-2-3-5-14/h2-7H2,1H3,(H,15,16). The maximum atomic E-state index is 10.7. The van der Waals surface area contributed by atoms with Crippen LogP contribution in [0.25, 0.3) is 0 Å². The zero-order chi connectivity index (χ0) is 12.3. The average molecular weight is 256 g/mol. The number of nitrogens with zero attached hydrogens (tertiary/aromatic N) is 4. The summed E-state index contributed by atoms with van der Waals surface area (Å²) in [5.74, 6) is 0. The summed E-state index contributed by atoms with van der Waals surface area (Å²) in [4.78, 5) is 14.2. The largest absolute Gasteiger partial charge is 0.465 e. The molecular formula is C10H16N4O2S. The van der Waals surface area contributed by atoms with Gasteiger partial charge in [-0.2, -0.15) is 0 Å². The van der Waals surface area contributed by atoms with E-state index in [1.807, 2.05) is 0 Å². The van der Waals surface area contributed by atoms with Crippen molar-refractivity contribution in [3.8, 4) is 0 Å². The summed E-state index contributed by atoms with van der Waals surface area (Å²) in [7, 11) is 1.53. The summed E-state index contributed by atoms with van der Waals surface area (Å²) in [6, 6.07) is 0. The minimum absolute atomic E-state index is 0.312. The molecule has 1 saturated heterocycles. The smallest absolute Gasteiger partial charge is 0.407 e. The Morgan fingerprint density at radius 3 is 2.71 bits per heavy atom. The molecule has 0 radical (unpaired) electrons. The van der Waals surface area contributed by atoms with Gasteiger partial charge in [-0.05, 0) is 25.9 Å². The molecule has 94 valence electrons. The quantitative estimate of drug-likeness (QED) is 0.877. The molecule has 1 aliphatic heterocycles. The second kappa shape index (κ2) is 5.42. The van der Waals surface area contributed by atoms with E-state index in [9.17, 15) is 4.79 Å². The normalized spacial score (nSPS) is 16.3. The molecule has 1 N–H and O–H groups in total. The molecule has 0 saturated carbocycles. The highest BCUT2D eigenvalue weighted by atomic mass is 32.1.